The van der Waals surface area contributed by atoms with Crippen LogP contribution in [0.2, 0.25) is 0 Å². The third-order valence-electron chi connectivity index (χ3n) is 2.26. The molecule has 0 aliphatic rings. The van der Waals surface area contributed by atoms with E-state index in [0.717, 1.165) is 15.7 Å². The third kappa shape index (κ3) is 4.81. The summed E-state index contributed by atoms with van der Waals surface area (Å²) in [5.74, 6) is 0. The summed E-state index contributed by atoms with van der Waals surface area (Å²) in [5.41, 5.74) is 4.69. The highest BCUT2D eigenvalue weighted by atomic mass is 79.9. The van der Waals surface area contributed by atoms with Crippen molar-refractivity contribution < 1.29 is 0 Å². The Morgan fingerprint density at radius 3 is 2.63 bits per heavy atom. The van der Waals surface area contributed by atoms with Gasteiger partial charge in [0, 0.05) is 10.2 Å². The number of rotatable bonds is 3. The second-order valence-electron chi connectivity index (χ2n) is 3.75. The molecular formula is C14H12BrN3S. The van der Waals surface area contributed by atoms with E-state index in [1.807, 2.05) is 54.6 Å². The lowest BCUT2D eigenvalue weighted by Gasteiger charge is -2.06. The molecule has 0 spiro atoms. The Morgan fingerprint density at radius 1 is 1.11 bits per heavy atom. The Labute approximate surface area is 125 Å². The summed E-state index contributed by atoms with van der Waals surface area (Å²) in [6.45, 7) is 0. The van der Waals surface area contributed by atoms with Crippen molar-refractivity contribution >= 4 is 45.2 Å². The molecule has 0 bridgehead atoms. The number of para-hydroxylation sites is 1. The van der Waals surface area contributed by atoms with Crippen LogP contribution in [-0.4, -0.2) is 11.3 Å². The fourth-order valence-corrected chi connectivity index (χ4v) is 2.02. The van der Waals surface area contributed by atoms with E-state index < -0.39 is 0 Å². The van der Waals surface area contributed by atoms with Crippen molar-refractivity contribution in [1.82, 2.24) is 5.43 Å². The first-order chi connectivity index (χ1) is 9.24. The molecule has 0 saturated carbocycles. The predicted molar refractivity (Wildman–Crippen MR) is 87.5 cm³/mol. The summed E-state index contributed by atoms with van der Waals surface area (Å²) in [6.07, 6.45) is 1.71. The van der Waals surface area contributed by atoms with Crippen LogP contribution in [0.3, 0.4) is 0 Å². The summed E-state index contributed by atoms with van der Waals surface area (Å²) in [7, 11) is 0. The maximum atomic E-state index is 5.13. The molecule has 5 heteroatoms. The van der Waals surface area contributed by atoms with E-state index in [0.29, 0.717) is 5.11 Å². The lowest BCUT2D eigenvalue weighted by Crippen LogP contribution is -2.23. The van der Waals surface area contributed by atoms with Gasteiger partial charge in [-0.25, -0.2) is 0 Å². The zero-order valence-corrected chi connectivity index (χ0v) is 12.4. The summed E-state index contributed by atoms with van der Waals surface area (Å²) in [5, 5.41) is 7.57. The first-order valence-electron chi connectivity index (χ1n) is 5.65. The van der Waals surface area contributed by atoms with Crippen molar-refractivity contribution in [3.63, 3.8) is 0 Å². The fourth-order valence-electron chi connectivity index (χ4n) is 1.43. The van der Waals surface area contributed by atoms with Gasteiger partial charge in [0.15, 0.2) is 5.11 Å². The molecule has 2 rings (SSSR count). The number of hydrogen-bond acceptors (Lipinski definition) is 2. The van der Waals surface area contributed by atoms with Crippen molar-refractivity contribution in [3.8, 4) is 0 Å². The van der Waals surface area contributed by atoms with Gasteiger partial charge < -0.3 is 5.32 Å². The minimum Gasteiger partial charge on any atom is -0.331 e. The second kappa shape index (κ2) is 7.01. The molecule has 2 aromatic carbocycles. The molecule has 2 aromatic rings. The fraction of sp³-hybridized carbons (Fsp3) is 0. The molecule has 3 nitrogen and oxygen atoms in total. The highest BCUT2D eigenvalue weighted by Crippen LogP contribution is 2.09. The maximum absolute atomic E-state index is 5.13. The maximum Gasteiger partial charge on any atom is 0.191 e. The van der Waals surface area contributed by atoms with Gasteiger partial charge in [0.1, 0.15) is 0 Å². The topological polar surface area (TPSA) is 36.4 Å². The highest BCUT2D eigenvalue weighted by Gasteiger charge is 1.94. The van der Waals surface area contributed by atoms with Crippen LogP contribution in [0.15, 0.2) is 64.2 Å². The molecule has 0 aliphatic carbocycles. The van der Waals surface area contributed by atoms with E-state index in [9.17, 15) is 0 Å². The molecule has 0 atom stereocenters. The van der Waals surface area contributed by atoms with Crippen molar-refractivity contribution in [2.75, 3.05) is 5.32 Å². The van der Waals surface area contributed by atoms with Gasteiger partial charge in [0.25, 0.3) is 0 Å². The van der Waals surface area contributed by atoms with Crippen LogP contribution in [0.4, 0.5) is 5.69 Å². The largest absolute Gasteiger partial charge is 0.331 e. The summed E-state index contributed by atoms with van der Waals surface area (Å²) in [4.78, 5) is 0. The van der Waals surface area contributed by atoms with Gasteiger partial charge in [-0.05, 0) is 42.0 Å². The predicted octanol–water partition coefficient (Wildman–Crippen LogP) is 3.77. The number of halogens is 1. The number of hydrazone groups is 1. The molecule has 0 saturated heterocycles. The normalized spacial score (nSPS) is 10.4. The van der Waals surface area contributed by atoms with E-state index >= 15 is 0 Å². The van der Waals surface area contributed by atoms with Crippen LogP contribution in [0.25, 0.3) is 0 Å². The molecular weight excluding hydrogens is 322 g/mol. The molecule has 0 heterocycles. The average molecular weight is 334 g/mol. The van der Waals surface area contributed by atoms with E-state index in [1.54, 1.807) is 6.21 Å². The Morgan fingerprint density at radius 2 is 1.89 bits per heavy atom. The monoisotopic (exact) mass is 333 g/mol. The first kappa shape index (κ1) is 13.7. The molecule has 0 aromatic heterocycles. The Balaban J connectivity index is 1.87. The number of hydrogen-bond donors (Lipinski definition) is 2. The van der Waals surface area contributed by atoms with E-state index in [1.165, 1.54) is 0 Å². The van der Waals surface area contributed by atoms with Gasteiger partial charge in [-0.1, -0.05) is 46.3 Å². The van der Waals surface area contributed by atoms with Gasteiger partial charge >= 0.3 is 0 Å². The summed E-state index contributed by atoms with van der Waals surface area (Å²) in [6, 6.07) is 17.6. The first-order valence-corrected chi connectivity index (χ1v) is 6.85. The van der Waals surface area contributed by atoms with Crippen molar-refractivity contribution in [1.29, 1.82) is 0 Å². The zero-order valence-electron chi connectivity index (χ0n) is 10.0. The minimum atomic E-state index is 0.456. The Bertz CT molecular complexity index is 584. The molecule has 2 N–H and O–H groups in total. The molecule has 0 fully saturated rings. The molecule has 0 amide bonds. The summed E-state index contributed by atoms with van der Waals surface area (Å²) >= 11 is 8.54. The van der Waals surface area contributed by atoms with Gasteiger partial charge in [-0.3, -0.25) is 5.43 Å². The summed E-state index contributed by atoms with van der Waals surface area (Å²) < 4.78 is 1.02. The quantitative estimate of drug-likeness (QED) is 0.510. The number of anilines is 1. The van der Waals surface area contributed by atoms with Gasteiger partial charge in [-0.2, -0.15) is 5.10 Å². The van der Waals surface area contributed by atoms with Crippen LogP contribution in [0.5, 0.6) is 0 Å². The highest BCUT2D eigenvalue weighted by molar-refractivity contribution is 9.10. The molecule has 0 unspecified atom stereocenters. The van der Waals surface area contributed by atoms with Crippen molar-refractivity contribution in [2.24, 2.45) is 5.10 Å². The lowest BCUT2D eigenvalue weighted by molar-refractivity contribution is 1.05. The SMILES string of the molecule is S=C(N/N=C\c1cccc(Br)c1)Nc1ccccc1. The molecule has 0 radical (unpaired) electrons. The Hall–Kier alpha value is -1.72. The second-order valence-corrected chi connectivity index (χ2v) is 5.07. The lowest BCUT2D eigenvalue weighted by atomic mass is 10.2. The van der Waals surface area contributed by atoms with Crippen LogP contribution in [0.1, 0.15) is 5.56 Å². The van der Waals surface area contributed by atoms with Crippen LogP contribution < -0.4 is 10.7 Å². The number of thiocarbonyl (C=S) groups is 1. The Kier molecular flexibility index (Phi) is 5.06. The third-order valence-corrected chi connectivity index (χ3v) is 2.95. The van der Waals surface area contributed by atoms with Crippen LogP contribution in [-0.2, 0) is 0 Å². The number of benzene rings is 2. The van der Waals surface area contributed by atoms with E-state index in [-0.39, 0.29) is 0 Å². The molecule has 96 valence electrons. The standard InChI is InChI=1S/C14H12BrN3S/c15-12-6-4-5-11(9-12)10-16-18-14(19)17-13-7-2-1-3-8-13/h1-10H,(H2,17,18,19)/b16-10-. The van der Waals surface area contributed by atoms with Gasteiger partial charge in [0.2, 0.25) is 0 Å². The average Bonchev–Trinajstić information content (AvgIpc) is 2.40. The van der Waals surface area contributed by atoms with Gasteiger partial charge in [0.05, 0.1) is 6.21 Å². The van der Waals surface area contributed by atoms with Crippen LogP contribution in [0, 0.1) is 0 Å². The molecule has 19 heavy (non-hydrogen) atoms. The zero-order chi connectivity index (χ0) is 13.5. The number of nitrogens with zero attached hydrogens (tertiary/aromatic N) is 1. The number of nitrogens with one attached hydrogen (secondary N) is 2. The minimum absolute atomic E-state index is 0.456. The van der Waals surface area contributed by atoms with E-state index in [4.69, 9.17) is 12.2 Å². The molecule has 0 aliphatic heterocycles. The smallest absolute Gasteiger partial charge is 0.191 e. The van der Waals surface area contributed by atoms with Crippen LogP contribution >= 0.6 is 28.1 Å². The van der Waals surface area contributed by atoms with E-state index in [2.05, 4.69) is 31.8 Å². The van der Waals surface area contributed by atoms with Crippen molar-refractivity contribution in [3.05, 3.63) is 64.6 Å². The van der Waals surface area contributed by atoms with Crippen molar-refractivity contribution in [2.45, 2.75) is 0 Å². The van der Waals surface area contributed by atoms with Gasteiger partial charge in [-0.15, -0.1) is 0 Å².